The number of urea groups is 1. The first-order chi connectivity index (χ1) is 26.9. The van der Waals surface area contributed by atoms with Crippen LogP contribution in [0.4, 0.5) is 21.9 Å². The van der Waals surface area contributed by atoms with Gasteiger partial charge in [-0.3, -0.25) is 24.2 Å². The van der Waals surface area contributed by atoms with Gasteiger partial charge in [-0.25, -0.2) is 9.59 Å². The van der Waals surface area contributed by atoms with E-state index in [9.17, 15) is 19.2 Å². The van der Waals surface area contributed by atoms with Gasteiger partial charge in [0.15, 0.2) is 6.04 Å². The van der Waals surface area contributed by atoms with Crippen LogP contribution in [-0.4, -0.2) is 60.2 Å². The maximum absolute atomic E-state index is 15.1. The second-order valence-corrected chi connectivity index (χ2v) is 15.5. The first kappa shape index (κ1) is 41.7. The van der Waals surface area contributed by atoms with E-state index in [-0.39, 0.29) is 18.7 Å². The number of carbonyl (C=O) groups is 5. The summed E-state index contributed by atoms with van der Waals surface area (Å²) in [6.45, 7) is 11.8. The molecule has 2 atom stereocenters. The molecule has 1 heterocycles. The Bertz CT molecular complexity index is 2150. The SMILES string of the molecule is CCOC(=O)CN1C(=O)C(NC(=O)N(c2cccc(CC(=O)OC(C)(C)C)c2)C(C(=O)OC(C)(C)C)c2cccc(N)c2)C=C(c2ccccc2)c2ccccc21. The zero-order chi connectivity index (χ0) is 41.5. The summed E-state index contributed by atoms with van der Waals surface area (Å²) >= 11 is 0. The molecule has 0 bridgehead atoms. The Morgan fingerprint density at radius 2 is 1.47 bits per heavy atom. The van der Waals surface area contributed by atoms with Crippen molar-refractivity contribution >= 4 is 52.5 Å². The summed E-state index contributed by atoms with van der Waals surface area (Å²) in [7, 11) is 0. The first-order valence-electron chi connectivity index (χ1n) is 18.8. The third-order valence-electron chi connectivity index (χ3n) is 8.60. The summed E-state index contributed by atoms with van der Waals surface area (Å²) in [5, 5.41) is 2.89. The van der Waals surface area contributed by atoms with Gasteiger partial charge < -0.3 is 25.3 Å². The van der Waals surface area contributed by atoms with Crippen molar-refractivity contribution in [3.63, 3.8) is 0 Å². The summed E-state index contributed by atoms with van der Waals surface area (Å²) in [5.74, 6) is -2.51. The van der Waals surface area contributed by atoms with Crippen molar-refractivity contribution in [2.24, 2.45) is 0 Å². The molecule has 3 N–H and O–H groups in total. The van der Waals surface area contributed by atoms with Crippen molar-refractivity contribution in [2.75, 3.05) is 28.7 Å². The number of nitrogens with two attached hydrogens (primary N) is 1. The summed E-state index contributed by atoms with van der Waals surface area (Å²) in [5.41, 5.74) is 8.40. The van der Waals surface area contributed by atoms with Gasteiger partial charge in [-0.1, -0.05) is 72.8 Å². The maximum Gasteiger partial charge on any atom is 0.334 e. The van der Waals surface area contributed by atoms with Crippen molar-refractivity contribution in [3.8, 4) is 0 Å². The van der Waals surface area contributed by atoms with Crippen LogP contribution in [0.15, 0.2) is 109 Å². The number of nitrogens with one attached hydrogen (secondary N) is 1. The lowest BCUT2D eigenvalue weighted by Gasteiger charge is -2.34. The largest absolute Gasteiger partial charge is 0.465 e. The van der Waals surface area contributed by atoms with E-state index in [0.29, 0.717) is 33.6 Å². The Morgan fingerprint density at radius 3 is 2.14 bits per heavy atom. The highest BCUT2D eigenvalue weighted by Gasteiger charge is 2.39. The van der Waals surface area contributed by atoms with Crippen molar-refractivity contribution < 1.29 is 38.2 Å². The third-order valence-corrected chi connectivity index (χ3v) is 8.60. The third kappa shape index (κ3) is 10.9. The van der Waals surface area contributed by atoms with Gasteiger partial charge >= 0.3 is 23.9 Å². The van der Waals surface area contributed by atoms with Crippen LogP contribution in [0.5, 0.6) is 0 Å². The molecule has 1 aliphatic rings. The minimum absolute atomic E-state index is 0.105. The lowest BCUT2D eigenvalue weighted by molar-refractivity contribution is -0.157. The second kappa shape index (κ2) is 17.6. The number of esters is 3. The van der Waals surface area contributed by atoms with Crippen molar-refractivity contribution in [1.82, 2.24) is 5.32 Å². The highest BCUT2D eigenvalue weighted by molar-refractivity contribution is 6.10. The first-order valence-corrected chi connectivity index (χ1v) is 18.8. The van der Waals surface area contributed by atoms with E-state index in [2.05, 4.69) is 5.32 Å². The van der Waals surface area contributed by atoms with Crippen molar-refractivity contribution in [1.29, 1.82) is 0 Å². The molecule has 0 saturated carbocycles. The lowest BCUT2D eigenvalue weighted by Crippen LogP contribution is -2.54. The number of anilines is 3. The second-order valence-electron chi connectivity index (χ2n) is 15.5. The number of hydrogen-bond acceptors (Lipinski definition) is 9. The fraction of sp³-hybridized carbons (Fsp3) is 0.311. The number of nitrogen functional groups attached to an aromatic ring is 1. The average molecular weight is 775 g/mol. The Hall–Kier alpha value is -6.43. The van der Waals surface area contributed by atoms with Crippen molar-refractivity contribution in [3.05, 3.63) is 131 Å². The molecule has 4 aromatic carbocycles. The number of carbonyl (C=O) groups excluding carboxylic acids is 5. The van der Waals surface area contributed by atoms with Gasteiger partial charge in [0.05, 0.1) is 18.7 Å². The van der Waals surface area contributed by atoms with E-state index in [1.54, 1.807) is 115 Å². The number of ether oxygens (including phenoxy) is 3. The van der Waals surface area contributed by atoms with Crippen LogP contribution in [0.3, 0.4) is 0 Å². The molecule has 0 fully saturated rings. The molecule has 0 aromatic heterocycles. The van der Waals surface area contributed by atoms with Gasteiger partial charge in [-0.15, -0.1) is 0 Å². The molecule has 0 spiro atoms. The van der Waals surface area contributed by atoms with Gasteiger partial charge in [0.2, 0.25) is 0 Å². The monoisotopic (exact) mass is 774 g/mol. The summed E-state index contributed by atoms with van der Waals surface area (Å²) in [6.07, 6.45) is 1.51. The van der Waals surface area contributed by atoms with E-state index < -0.39 is 59.7 Å². The maximum atomic E-state index is 15.1. The number of amides is 3. The fourth-order valence-corrected chi connectivity index (χ4v) is 6.45. The molecule has 0 saturated heterocycles. The van der Waals surface area contributed by atoms with E-state index in [0.717, 1.165) is 5.56 Å². The van der Waals surface area contributed by atoms with Crippen LogP contribution in [0.25, 0.3) is 5.57 Å². The number of nitrogens with zero attached hydrogens (tertiary/aromatic N) is 2. The van der Waals surface area contributed by atoms with Gasteiger partial charge in [0.25, 0.3) is 5.91 Å². The highest BCUT2D eigenvalue weighted by Crippen LogP contribution is 2.36. The van der Waals surface area contributed by atoms with Crippen molar-refractivity contribution in [2.45, 2.75) is 78.2 Å². The molecule has 0 radical (unpaired) electrons. The molecule has 298 valence electrons. The van der Waals surface area contributed by atoms with Crippen LogP contribution < -0.4 is 20.9 Å². The van der Waals surface area contributed by atoms with Crippen LogP contribution in [0.2, 0.25) is 0 Å². The van der Waals surface area contributed by atoms with Crippen LogP contribution in [0, 0.1) is 0 Å². The molecule has 2 unspecified atom stereocenters. The van der Waals surface area contributed by atoms with Gasteiger partial charge in [-0.2, -0.15) is 0 Å². The molecule has 1 aliphatic heterocycles. The predicted octanol–water partition coefficient (Wildman–Crippen LogP) is 7.16. The minimum atomic E-state index is -1.42. The van der Waals surface area contributed by atoms with Crippen LogP contribution in [0.1, 0.15) is 76.8 Å². The number of benzene rings is 4. The summed E-state index contributed by atoms with van der Waals surface area (Å²) < 4.78 is 16.7. The molecule has 12 heteroatoms. The van der Waals surface area contributed by atoms with Gasteiger partial charge in [0, 0.05) is 16.9 Å². The molecular formula is C45H50N4O8. The normalized spacial score (nSPS) is 14.6. The number of hydrogen-bond donors (Lipinski definition) is 2. The quantitative estimate of drug-likeness (QED) is 0.0917. The topological polar surface area (TPSA) is 158 Å². The Morgan fingerprint density at radius 1 is 0.807 bits per heavy atom. The Labute approximate surface area is 333 Å². The van der Waals surface area contributed by atoms with Crippen LogP contribution in [-0.2, 0) is 39.8 Å². The van der Waals surface area contributed by atoms with Gasteiger partial charge in [0.1, 0.15) is 23.8 Å². The Kier molecular flexibility index (Phi) is 12.9. The molecule has 12 nitrogen and oxygen atoms in total. The smallest absolute Gasteiger partial charge is 0.334 e. The van der Waals surface area contributed by atoms with E-state index >= 15 is 4.79 Å². The minimum Gasteiger partial charge on any atom is -0.465 e. The Balaban J connectivity index is 1.68. The highest BCUT2D eigenvalue weighted by atomic mass is 16.6. The van der Waals surface area contributed by atoms with E-state index in [1.807, 2.05) is 42.5 Å². The number of para-hydroxylation sites is 1. The van der Waals surface area contributed by atoms with Crippen LogP contribution >= 0.6 is 0 Å². The average Bonchev–Trinajstić information content (AvgIpc) is 3.23. The molecule has 57 heavy (non-hydrogen) atoms. The van der Waals surface area contributed by atoms with E-state index in [4.69, 9.17) is 19.9 Å². The molecular weight excluding hydrogens is 725 g/mol. The fourth-order valence-electron chi connectivity index (χ4n) is 6.45. The number of fused-ring (bicyclic) bond motifs is 1. The summed E-state index contributed by atoms with van der Waals surface area (Å²) in [4.78, 5) is 72.5. The molecule has 5 rings (SSSR count). The summed E-state index contributed by atoms with van der Waals surface area (Å²) in [6, 6.07) is 26.0. The zero-order valence-corrected chi connectivity index (χ0v) is 33.4. The van der Waals surface area contributed by atoms with E-state index in [1.165, 1.54) is 9.80 Å². The predicted molar refractivity (Wildman–Crippen MR) is 219 cm³/mol. The standard InChI is InChI=1S/C45H50N4O8/c1-8-55-39(51)28-48-37-23-13-12-22-34(37)35(30-17-10-9-11-18-30)27-36(41(48)52)47-43(54)49(33-21-14-16-29(24-33)25-38(50)56-44(2,3)4)40(42(53)57-45(5,6)7)31-19-15-20-32(46)26-31/h9-24,26-27,36,40H,8,25,28,46H2,1-7H3,(H,47,54). The molecule has 0 aliphatic carbocycles. The number of rotatable bonds is 11. The zero-order valence-electron chi connectivity index (χ0n) is 33.4. The lowest BCUT2D eigenvalue weighted by atomic mass is 9.95. The molecule has 3 amide bonds. The molecule has 4 aromatic rings. The van der Waals surface area contributed by atoms with Gasteiger partial charge in [-0.05, 0) is 107 Å².